The summed E-state index contributed by atoms with van der Waals surface area (Å²) >= 11 is 1.22. The van der Waals surface area contributed by atoms with Gasteiger partial charge in [0.2, 0.25) is 0 Å². The van der Waals surface area contributed by atoms with Gasteiger partial charge < -0.3 is 11.1 Å². The van der Waals surface area contributed by atoms with E-state index in [0.717, 1.165) is 5.00 Å². The molecule has 1 aromatic rings. The van der Waals surface area contributed by atoms with Gasteiger partial charge in [0.1, 0.15) is 10.8 Å². The van der Waals surface area contributed by atoms with Crippen molar-refractivity contribution in [1.29, 1.82) is 0 Å². The van der Waals surface area contributed by atoms with E-state index in [4.69, 9.17) is 5.73 Å². The molecule has 0 aliphatic carbocycles. The van der Waals surface area contributed by atoms with Crippen LogP contribution in [0, 0.1) is 0 Å². The maximum absolute atomic E-state index is 11.4. The lowest BCUT2D eigenvalue weighted by atomic mass is 10.2. The Hall–Kier alpha value is -0.820. The number of sulfone groups is 1. The van der Waals surface area contributed by atoms with Crippen molar-refractivity contribution < 1.29 is 8.42 Å². The summed E-state index contributed by atoms with van der Waals surface area (Å²) in [5.41, 5.74) is 5.44. The van der Waals surface area contributed by atoms with Gasteiger partial charge >= 0.3 is 0 Å². The molecule has 0 aliphatic rings. The smallest absolute Gasteiger partial charge is 0.154 e. The van der Waals surface area contributed by atoms with E-state index in [9.17, 15) is 8.42 Å². The second-order valence-electron chi connectivity index (χ2n) is 4.00. The lowest BCUT2D eigenvalue weighted by molar-refractivity contribution is 0.560. The minimum Gasteiger partial charge on any atom is -0.383 e. The van der Waals surface area contributed by atoms with E-state index in [2.05, 4.69) is 9.69 Å². The van der Waals surface area contributed by atoms with E-state index in [1.807, 2.05) is 0 Å². The highest BCUT2D eigenvalue weighted by Crippen LogP contribution is 2.21. The van der Waals surface area contributed by atoms with E-state index in [1.165, 1.54) is 17.8 Å². The van der Waals surface area contributed by atoms with E-state index in [0.29, 0.717) is 12.4 Å². The number of rotatable bonds is 4. The Balaban J connectivity index is 2.65. The SMILES string of the molecule is CC(C)(CNc1cc(N)ns1)S(C)(=O)=O. The Morgan fingerprint density at radius 1 is 1.60 bits per heavy atom. The molecular weight excluding hydrogens is 234 g/mol. The molecule has 3 N–H and O–H groups in total. The number of anilines is 2. The van der Waals surface area contributed by atoms with Crippen molar-refractivity contribution in [3.63, 3.8) is 0 Å². The van der Waals surface area contributed by atoms with Gasteiger partial charge in [-0.15, -0.1) is 0 Å². The van der Waals surface area contributed by atoms with Crippen LogP contribution in [0.2, 0.25) is 0 Å². The Kier molecular flexibility index (Phi) is 3.25. The number of nitrogens with two attached hydrogens (primary N) is 1. The predicted octanol–water partition coefficient (Wildman–Crippen LogP) is 0.960. The first-order valence-corrected chi connectivity index (χ1v) is 7.04. The zero-order valence-electron chi connectivity index (χ0n) is 8.94. The maximum Gasteiger partial charge on any atom is 0.154 e. The second-order valence-corrected chi connectivity index (χ2v) is 7.46. The molecule has 0 spiro atoms. The third-order valence-corrected chi connectivity index (χ3v) is 5.13. The fraction of sp³-hybridized carbons (Fsp3) is 0.625. The summed E-state index contributed by atoms with van der Waals surface area (Å²) in [6.07, 6.45) is 1.23. The Morgan fingerprint density at radius 3 is 2.60 bits per heavy atom. The van der Waals surface area contributed by atoms with Crippen LogP contribution in [0.25, 0.3) is 0 Å². The highest BCUT2D eigenvalue weighted by atomic mass is 32.2. The Labute approximate surface area is 93.8 Å². The molecule has 1 rings (SSSR count). The predicted molar refractivity (Wildman–Crippen MR) is 63.9 cm³/mol. The third-order valence-electron chi connectivity index (χ3n) is 2.22. The van der Waals surface area contributed by atoms with Crippen molar-refractivity contribution in [1.82, 2.24) is 4.37 Å². The molecular formula is C8H15N3O2S2. The molecule has 0 atom stereocenters. The molecule has 1 aromatic heterocycles. The monoisotopic (exact) mass is 249 g/mol. The number of aromatic nitrogens is 1. The van der Waals surface area contributed by atoms with Crippen LogP contribution in [0.1, 0.15) is 13.8 Å². The van der Waals surface area contributed by atoms with Gasteiger partial charge in [0.15, 0.2) is 9.84 Å². The summed E-state index contributed by atoms with van der Waals surface area (Å²) in [7, 11) is -3.08. The first-order valence-electron chi connectivity index (χ1n) is 4.38. The highest BCUT2D eigenvalue weighted by Gasteiger charge is 2.29. The Morgan fingerprint density at radius 2 is 2.20 bits per heavy atom. The standard InChI is InChI=1S/C8H15N3O2S2/c1-8(2,15(3,12)13)5-10-7-4-6(9)11-14-7/h4,10H,5H2,1-3H3,(H2,9,11). The van der Waals surface area contributed by atoms with Crippen LogP contribution >= 0.6 is 11.5 Å². The molecule has 0 saturated carbocycles. The molecule has 0 aliphatic heterocycles. The third kappa shape index (κ3) is 3.07. The summed E-state index contributed by atoms with van der Waals surface area (Å²) in [6.45, 7) is 3.70. The average molecular weight is 249 g/mol. The quantitative estimate of drug-likeness (QED) is 0.830. The summed E-state index contributed by atoms with van der Waals surface area (Å²) in [5.74, 6) is 0.444. The van der Waals surface area contributed by atoms with Crippen molar-refractivity contribution in [2.24, 2.45) is 0 Å². The van der Waals surface area contributed by atoms with Crippen molar-refractivity contribution in [2.45, 2.75) is 18.6 Å². The molecule has 0 radical (unpaired) electrons. The van der Waals surface area contributed by atoms with E-state index in [-0.39, 0.29) is 0 Å². The lowest BCUT2D eigenvalue weighted by Crippen LogP contribution is -2.38. The molecule has 86 valence electrons. The number of nitrogens with one attached hydrogen (secondary N) is 1. The first-order chi connectivity index (χ1) is 6.72. The molecule has 0 unspecified atom stereocenters. The summed E-state index contributed by atoms with van der Waals surface area (Å²) in [6, 6.07) is 1.68. The minimum atomic E-state index is -3.08. The fourth-order valence-electron chi connectivity index (χ4n) is 0.803. The van der Waals surface area contributed by atoms with Crippen LogP contribution in [0.15, 0.2) is 6.07 Å². The molecule has 15 heavy (non-hydrogen) atoms. The second kappa shape index (κ2) is 3.97. The molecule has 0 aromatic carbocycles. The van der Waals surface area contributed by atoms with Crippen LogP contribution < -0.4 is 11.1 Å². The Bertz CT molecular complexity index is 436. The van der Waals surface area contributed by atoms with Gasteiger partial charge in [0.25, 0.3) is 0 Å². The number of hydrogen-bond acceptors (Lipinski definition) is 6. The molecule has 0 amide bonds. The maximum atomic E-state index is 11.4. The molecule has 7 heteroatoms. The average Bonchev–Trinajstić information content (AvgIpc) is 2.46. The zero-order chi connectivity index (χ0) is 11.7. The van der Waals surface area contributed by atoms with Gasteiger partial charge in [-0.1, -0.05) is 0 Å². The van der Waals surface area contributed by atoms with Gasteiger partial charge in [0.05, 0.1) is 4.75 Å². The van der Waals surface area contributed by atoms with Crippen molar-refractivity contribution in [3.8, 4) is 0 Å². The van der Waals surface area contributed by atoms with Crippen LogP contribution in [-0.4, -0.2) is 30.3 Å². The van der Waals surface area contributed by atoms with E-state index >= 15 is 0 Å². The van der Waals surface area contributed by atoms with Crippen molar-refractivity contribution in [2.75, 3.05) is 23.9 Å². The molecule has 5 nitrogen and oxygen atoms in total. The van der Waals surface area contributed by atoms with Crippen LogP contribution in [0.3, 0.4) is 0 Å². The number of nitrogen functional groups attached to an aromatic ring is 1. The summed E-state index contributed by atoms with van der Waals surface area (Å²) < 4.78 is 25.9. The van der Waals surface area contributed by atoms with Gasteiger partial charge in [-0.2, -0.15) is 4.37 Å². The summed E-state index contributed by atoms with van der Waals surface area (Å²) in [4.78, 5) is 0. The topological polar surface area (TPSA) is 85.1 Å². The van der Waals surface area contributed by atoms with Gasteiger partial charge in [-0.25, -0.2) is 8.42 Å². The molecule has 0 saturated heterocycles. The number of hydrogen-bond donors (Lipinski definition) is 2. The fourth-order valence-corrected chi connectivity index (χ4v) is 1.70. The lowest BCUT2D eigenvalue weighted by Gasteiger charge is -2.22. The molecule has 0 bridgehead atoms. The van der Waals surface area contributed by atoms with Gasteiger partial charge in [-0.05, 0) is 25.4 Å². The van der Waals surface area contributed by atoms with Crippen molar-refractivity contribution >= 4 is 32.2 Å². The highest BCUT2D eigenvalue weighted by molar-refractivity contribution is 7.92. The van der Waals surface area contributed by atoms with Crippen LogP contribution in [-0.2, 0) is 9.84 Å². The molecule has 0 fully saturated rings. The largest absolute Gasteiger partial charge is 0.383 e. The first kappa shape index (κ1) is 12.3. The van der Waals surface area contributed by atoms with Crippen LogP contribution in [0.5, 0.6) is 0 Å². The zero-order valence-corrected chi connectivity index (χ0v) is 10.6. The van der Waals surface area contributed by atoms with Crippen molar-refractivity contribution in [3.05, 3.63) is 6.07 Å². The van der Waals surface area contributed by atoms with E-state index < -0.39 is 14.6 Å². The van der Waals surface area contributed by atoms with Gasteiger partial charge in [0, 0.05) is 18.9 Å². The summed E-state index contributed by atoms with van der Waals surface area (Å²) in [5, 5.41) is 3.79. The number of nitrogens with zero attached hydrogens (tertiary/aromatic N) is 1. The normalized spacial score (nSPS) is 12.7. The van der Waals surface area contributed by atoms with E-state index in [1.54, 1.807) is 19.9 Å². The minimum absolute atomic E-state index is 0.341. The van der Waals surface area contributed by atoms with Crippen LogP contribution in [0.4, 0.5) is 10.8 Å². The molecule has 1 heterocycles. The van der Waals surface area contributed by atoms with Gasteiger partial charge in [-0.3, -0.25) is 0 Å².